The molecule has 0 aromatic heterocycles. The van der Waals surface area contributed by atoms with Crippen LogP contribution in [0.5, 0.6) is 0 Å². The lowest BCUT2D eigenvalue weighted by Crippen LogP contribution is -2.52. The normalized spacial score (nSPS) is 17.1. The number of hydrogen-bond acceptors (Lipinski definition) is 2. The third kappa shape index (κ3) is 3.73. The number of benzene rings is 1. The predicted octanol–water partition coefficient (Wildman–Crippen LogP) is 1.92. The third-order valence-electron chi connectivity index (χ3n) is 4.03. The van der Waals surface area contributed by atoms with E-state index in [4.69, 9.17) is 0 Å². The number of nitrogens with zero attached hydrogens (tertiary/aromatic N) is 2. The highest BCUT2D eigenvalue weighted by Gasteiger charge is 2.24. The first-order chi connectivity index (χ1) is 9.49. The average Bonchev–Trinajstić information content (AvgIpc) is 2.46. The van der Waals surface area contributed by atoms with Crippen molar-refractivity contribution in [3.63, 3.8) is 0 Å². The van der Waals surface area contributed by atoms with Gasteiger partial charge in [0, 0.05) is 38.1 Å². The molecule has 4 nitrogen and oxygen atoms in total. The van der Waals surface area contributed by atoms with E-state index in [0.717, 1.165) is 26.2 Å². The van der Waals surface area contributed by atoms with E-state index in [0.29, 0.717) is 6.54 Å². The van der Waals surface area contributed by atoms with Crippen LogP contribution in [-0.2, 0) is 5.41 Å². The van der Waals surface area contributed by atoms with E-state index >= 15 is 0 Å². The van der Waals surface area contributed by atoms with Crippen LogP contribution in [0.2, 0.25) is 0 Å². The molecule has 1 aliphatic heterocycles. The molecule has 1 saturated heterocycles. The first-order valence-corrected chi connectivity index (χ1v) is 7.26. The predicted molar refractivity (Wildman–Crippen MR) is 81.9 cm³/mol. The van der Waals surface area contributed by atoms with E-state index in [9.17, 15) is 4.79 Å². The number of carbonyl (C=O) groups is 1. The minimum absolute atomic E-state index is 0.0521. The molecular formula is C16H25N3O. The van der Waals surface area contributed by atoms with Crippen molar-refractivity contribution in [2.75, 3.05) is 39.8 Å². The Kier molecular flexibility index (Phi) is 4.65. The molecule has 0 saturated carbocycles. The summed E-state index contributed by atoms with van der Waals surface area (Å²) in [6.07, 6.45) is 0. The number of likely N-dealkylation sites (N-methyl/N-ethyl adjacent to an activating group) is 1. The number of amides is 2. The van der Waals surface area contributed by atoms with Gasteiger partial charge >= 0.3 is 6.03 Å². The molecule has 0 spiro atoms. The molecule has 0 atom stereocenters. The van der Waals surface area contributed by atoms with Crippen LogP contribution in [0.4, 0.5) is 4.79 Å². The van der Waals surface area contributed by atoms with Gasteiger partial charge in [0.25, 0.3) is 0 Å². The lowest BCUT2D eigenvalue weighted by Gasteiger charge is -2.33. The first-order valence-electron chi connectivity index (χ1n) is 7.26. The lowest BCUT2D eigenvalue weighted by atomic mass is 9.85. The Hall–Kier alpha value is -1.55. The van der Waals surface area contributed by atoms with Crippen LogP contribution in [-0.4, -0.2) is 55.6 Å². The van der Waals surface area contributed by atoms with Crippen molar-refractivity contribution in [2.45, 2.75) is 19.3 Å². The quantitative estimate of drug-likeness (QED) is 0.915. The molecule has 1 aromatic rings. The molecule has 110 valence electrons. The van der Waals surface area contributed by atoms with Crippen molar-refractivity contribution in [3.8, 4) is 0 Å². The van der Waals surface area contributed by atoms with Crippen LogP contribution in [0.15, 0.2) is 30.3 Å². The van der Waals surface area contributed by atoms with Crippen LogP contribution in [0.1, 0.15) is 19.4 Å². The highest BCUT2D eigenvalue weighted by atomic mass is 16.2. The minimum atomic E-state index is -0.0521. The molecule has 0 aliphatic carbocycles. The molecule has 1 aliphatic rings. The zero-order chi connectivity index (χ0) is 14.6. The monoisotopic (exact) mass is 275 g/mol. The number of nitrogens with one attached hydrogen (secondary N) is 1. The second-order valence-electron chi connectivity index (χ2n) is 6.20. The van der Waals surface area contributed by atoms with E-state index in [1.54, 1.807) is 0 Å². The highest BCUT2D eigenvalue weighted by Crippen LogP contribution is 2.21. The van der Waals surface area contributed by atoms with Crippen LogP contribution in [0.25, 0.3) is 0 Å². The fourth-order valence-electron chi connectivity index (χ4n) is 2.41. The van der Waals surface area contributed by atoms with E-state index < -0.39 is 0 Å². The van der Waals surface area contributed by atoms with E-state index in [1.807, 2.05) is 23.1 Å². The summed E-state index contributed by atoms with van der Waals surface area (Å²) in [5.41, 5.74) is 1.20. The van der Waals surface area contributed by atoms with Gasteiger partial charge in [-0.15, -0.1) is 0 Å². The summed E-state index contributed by atoms with van der Waals surface area (Å²) in [5.74, 6) is 0. The molecule has 1 heterocycles. The Labute approximate surface area is 121 Å². The molecule has 0 bridgehead atoms. The van der Waals surface area contributed by atoms with Crippen LogP contribution in [0, 0.1) is 0 Å². The van der Waals surface area contributed by atoms with Crippen LogP contribution in [0.3, 0.4) is 0 Å². The lowest BCUT2D eigenvalue weighted by molar-refractivity contribution is 0.153. The van der Waals surface area contributed by atoms with Crippen LogP contribution < -0.4 is 5.32 Å². The molecular weight excluding hydrogens is 250 g/mol. The fourth-order valence-corrected chi connectivity index (χ4v) is 2.41. The Morgan fingerprint density at radius 2 is 1.75 bits per heavy atom. The number of hydrogen-bond donors (Lipinski definition) is 1. The van der Waals surface area contributed by atoms with Gasteiger partial charge < -0.3 is 15.1 Å². The Balaban J connectivity index is 1.86. The van der Waals surface area contributed by atoms with Gasteiger partial charge in [-0.25, -0.2) is 4.79 Å². The summed E-state index contributed by atoms with van der Waals surface area (Å²) in [5, 5.41) is 3.07. The second-order valence-corrected chi connectivity index (χ2v) is 6.20. The molecule has 0 unspecified atom stereocenters. The van der Waals surface area contributed by atoms with E-state index in [2.05, 4.69) is 43.2 Å². The number of piperazine rings is 1. The van der Waals surface area contributed by atoms with Crippen molar-refractivity contribution in [3.05, 3.63) is 35.9 Å². The van der Waals surface area contributed by atoms with Crippen molar-refractivity contribution < 1.29 is 4.79 Å². The summed E-state index contributed by atoms with van der Waals surface area (Å²) in [4.78, 5) is 16.3. The summed E-state index contributed by atoms with van der Waals surface area (Å²) >= 11 is 0. The smallest absolute Gasteiger partial charge is 0.317 e. The molecule has 2 amide bonds. The molecule has 1 fully saturated rings. The maximum absolute atomic E-state index is 12.2. The van der Waals surface area contributed by atoms with Crippen molar-refractivity contribution in [2.24, 2.45) is 0 Å². The average molecular weight is 275 g/mol. The SMILES string of the molecule is CN1CCN(C(=O)NCC(C)(C)c2ccccc2)CC1. The molecule has 2 rings (SSSR count). The molecule has 1 aromatic carbocycles. The summed E-state index contributed by atoms with van der Waals surface area (Å²) < 4.78 is 0. The summed E-state index contributed by atoms with van der Waals surface area (Å²) in [7, 11) is 2.09. The maximum Gasteiger partial charge on any atom is 0.317 e. The topological polar surface area (TPSA) is 35.6 Å². The fraction of sp³-hybridized carbons (Fsp3) is 0.562. The largest absolute Gasteiger partial charge is 0.337 e. The number of urea groups is 1. The van der Waals surface area contributed by atoms with Gasteiger partial charge in [-0.05, 0) is 12.6 Å². The molecule has 1 N–H and O–H groups in total. The van der Waals surface area contributed by atoms with Gasteiger partial charge in [0.2, 0.25) is 0 Å². The minimum Gasteiger partial charge on any atom is -0.337 e. The molecule has 0 radical (unpaired) electrons. The van der Waals surface area contributed by atoms with Gasteiger partial charge in [0.15, 0.2) is 0 Å². The van der Waals surface area contributed by atoms with Gasteiger partial charge in [0.1, 0.15) is 0 Å². The van der Waals surface area contributed by atoms with Crippen molar-refractivity contribution >= 4 is 6.03 Å². The van der Waals surface area contributed by atoms with Crippen molar-refractivity contribution in [1.29, 1.82) is 0 Å². The van der Waals surface area contributed by atoms with Gasteiger partial charge in [-0.2, -0.15) is 0 Å². The molecule has 4 heteroatoms. The van der Waals surface area contributed by atoms with Crippen molar-refractivity contribution in [1.82, 2.24) is 15.1 Å². The Morgan fingerprint density at radius 3 is 2.35 bits per heavy atom. The zero-order valence-corrected chi connectivity index (χ0v) is 12.7. The Bertz CT molecular complexity index is 436. The summed E-state index contributed by atoms with van der Waals surface area (Å²) in [6, 6.07) is 10.4. The maximum atomic E-state index is 12.2. The van der Waals surface area contributed by atoms with Gasteiger partial charge in [-0.3, -0.25) is 0 Å². The molecule has 20 heavy (non-hydrogen) atoms. The summed E-state index contributed by atoms with van der Waals surface area (Å²) in [6.45, 7) is 8.51. The standard InChI is InChI=1S/C16H25N3O/c1-16(2,14-7-5-4-6-8-14)13-17-15(20)19-11-9-18(3)10-12-19/h4-8H,9-13H2,1-3H3,(H,17,20). The highest BCUT2D eigenvalue weighted by molar-refractivity contribution is 5.74. The van der Waals surface area contributed by atoms with Gasteiger partial charge in [0.05, 0.1) is 0 Å². The third-order valence-corrected chi connectivity index (χ3v) is 4.03. The van der Waals surface area contributed by atoms with E-state index in [-0.39, 0.29) is 11.4 Å². The van der Waals surface area contributed by atoms with E-state index in [1.165, 1.54) is 5.56 Å². The number of carbonyl (C=O) groups excluding carboxylic acids is 1. The number of rotatable bonds is 3. The second kappa shape index (κ2) is 6.27. The Morgan fingerprint density at radius 1 is 1.15 bits per heavy atom. The first kappa shape index (κ1) is 14.9. The zero-order valence-electron chi connectivity index (χ0n) is 12.7. The van der Waals surface area contributed by atoms with Crippen LogP contribution >= 0.6 is 0 Å². The van der Waals surface area contributed by atoms with Gasteiger partial charge in [-0.1, -0.05) is 44.2 Å².